The highest BCUT2D eigenvalue weighted by atomic mass is 32.2. The van der Waals surface area contributed by atoms with Crippen molar-refractivity contribution in [3.63, 3.8) is 0 Å². The number of hydrogen-bond donors (Lipinski definition) is 0. The van der Waals surface area contributed by atoms with Crippen molar-refractivity contribution in [2.24, 2.45) is 0 Å². The van der Waals surface area contributed by atoms with Gasteiger partial charge in [-0.15, -0.1) is 17.9 Å². The van der Waals surface area contributed by atoms with Crippen LogP contribution in [0.4, 0.5) is 8.78 Å². The first-order valence-corrected chi connectivity index (χ1v) is 9.21. The van der Waals surface area contributed by atoms with Gasteiger partial charge in [0, 0.05) is 17.9 Å². The van der Waals surface area contributed by atoms with E-state index in [0.717, 1.165) is 0 Å². The Morgan fingerprint density at radius 3 is 2.92 bits per heavy atom. The molecule has 0 fully saturated rings. The maximum Gasteiger partial charge on any atom is 0.387 e. The van der Waals surface area contributed by atoms with Crippen LogP contribution in [0.2, 0.25) is 0 Å². The van der Waals surface area contributed by atoms with Gasteiger partial charge in [0.1, 0.15) is 10.6 Å². The second kappa shape index (κ2) is 7.79. The van der Waals surface area contributed by atoms with E-state index >= 15 is 0 Å². The molecule has 0 saturated carbocycles. The molecule has 0 saturated heterocycles. The van der Waals surface area contributed by atoms with Crippen LogP contribution < -0.4 is 10.3 Å². The van der Waals surface area contributed by atoms with Gasteiger partial charge >= 0.3 is 6.61 Å². The summed E-state index contributed by atoms with van der Waals surface area (Å²) in [7, 11) is 0. The molecule has 1 aromatic carbocycles. The highest BCUT2D eigenvalue weighted by molar-refractivity contribution is 7.98. The number of thiophene rings is 1. The number of allylic oxidation sites excluding steroid dienone is 1. The van der Waals surface area contributed by atoms with Gasteiger partial charge in [-0.1, -0.05) is 36.0 Å². The number of nitrogens with zero attached hydrogens (tertiary/aromatic N) is 2. The lowest BCUT2D eigenvalue weighted by molar-refractivity contribution is -0.0503. The molecule has 0 spiro atoms. The summed E-state index contributed by atoms with van der Waals surface area (Å²) in [5.74, 6) is 0.475. The quantitative estimate of drug-likeness (QED) is 0.343. The average Bonchev–Trinajstić information content (AvgIpc) is 3.05. The molecule has 0 radical (unpaired) electrons. The van der Waals surface area contributed by atoms with Crippen molar-refractivity contribution in [1.29, 1.82) is 0 Å². The van der Waals surface area contributed by atoms with Crippen molar-refractivity contribution in [3.05, 3.63) is 64.3 Å². The smallest absolute Gasteiger partial charge is 0.387 e. The highest BCUT2D eigenvalue weighted by Gasteiger charge is 2.14. The van der Waals surface area contributed by atoms with Crippen molar-refractivity contribution in [3.8, 4) is 5.75 Å². The summed E-state index contributed by atoms with van der Waals surface area (Å²) < 4.78 is 31.1. The molecule has 0 amide bonds. The molecular weight excluding hydrogens is 366 g/mol. The molecule has 2 aromatic heterocycles. The van der Waals surface area contributed by atoms with E-state index in [9.17, 15) is 13.6 Å². The molecule has 25 heavy (non-hydrogen) atoms. The molecule has 3 aromatic rings. The summed E-state index contributed by atoms with van der Waals surface area (Å²) in [6.07, 6.45) is 1.62. The maximum absolute atomic E-state index is 12.6. The molecule has 3 rings (SSSR count). The third-order valence-corrected chi connectivity index (χ3v) is 5.24. The van der Waals surface area contributed by atoms with E-state index in [1.807, 2.05) is 5.38 Å². The van der Waals surface area contributed by atoms with Gasteiger partial charge in [0.15, 0.2) is 5.16 Å². The SMILES string of the molecule is C=CCn1c(SCc2ccccc2OC(F)F)nc2sccc2c1=O. The van der Waals surface area contributed by atoms with E-state index in [1.165, 1.54) is 33.7 Å². The van der Waals surface area contributed by atoms with Crippen LogP contribution in [-0.4, -0.2) is 16.2 Å². The fraction of sp³-hybridized carbons (Fsp3) is 0.176. The third kappa shape index (κ3) is 3.91. The van der Waals surface area contributed by atoms with Crippen molar-refractivity contribution in [2.75, 3.05) is 0 Å². The molecule has 0 aliphatic carbocycles. The minimum absolute atomic E-state index is 0.125. The second-order valence-corrected chi connectivity index (χ2v) is 6.85. The fourth-order valence-corrected chi connectivity index (χ4v) is 4.11. The van der Waals surface area contributed by atoms with Crippen LogP contribution >= 0.6 is 23.1 Å². The third-order valence-electron chi connectivity index (χ3n) is 3.41. The highest BCUT2D eigenvalue weighted by Crippen LogP contribution is 2.29. The molecule has 4 nitrogen and oxygen atoms in total. The van der Waals surface area contributed by atoms with Gasteiger partial charge in [-0.05, 0) is 17.5 Å². The van der Waals surface area contributed by atoms with Crippen molar-refractivity contribution >= 4 is 33.3 Å². The topological polar surface area (TPSA) is 44.1 Å². The van der Waals surface area contributed by atoms with Gasteiger partial charge in [-0.3, -0.25) is 9.36 Å². The van der Waals surface area contributed by atoms with E-state index in [-0.39, 0.29) is 11.3 Å². The van der Waals surface area contributed by atoms with Crippen LogP contribution in [0.5, 0.6) is 5.75 Å². The maximum atomic E-state index is 12.6. The Morgan fingerprint density at radius 1 is 1.36 bits per heavy atom. The minimum Gasteiger partial charge on any atom is -0.435 e. The van der Waals surface area contributed by atoms with Crippen LogP contribution in [0, 0.1) is 0 Å². The minimum atomic E-state index is -2.88. The Morgan fingerprint density at radius 2 is 2.16 bits per heavy atom. The monoisotopic (exact) mass is 380 g/mol. The zero-order valence-corrected chi connectivity index (χ0v) is 14.7. The summed E-state index contributed by atoms with van der Waals surface area (Å²) in [5.41, 5.74) is 0.476. The zero-order valence-electron chi connectivity index (χ0n) is 13.0. The number of benzene rings is 1. The Kier molecular flexibility index (Phi) is 5.50. The van der Waals surface area contributed by atoms with E-state index in [2.05, 4.69) is 16.3 Å². The molecule has 0 aliphatic heterocycles. The predicted molar refractivity (Wildman–Crippen MR) is 96.7 cm³/mol. The summed E-state index contributed by atoms with van der Waals surface area (Å²) in [5, 5.41) is 2.90. The van der Waals surface area contributed by atoms with Gasteiger partial charge in [0.25, 0.3) is 5.56 Å². The molecule has 0 bridgehead atoms. The Hall–Kier alpha value is -2.19. The van der Waals surface area contributed by atoms with Crippen molar-refractivity contribution < 1.29 is 13.5 Å². The zero-order chi connectivity index (χ0) is 17.8. The number of rotatable bonds is 7. The average molecular weight is 380 g/mol. The number of halogens is 2. The van der Waals surface area contributed by atoms with E-state index in [0.29, 0.717) is 33.2 Å². The van der Waals surface area contributed by atoms with E-state index < -0.39 is 6.61 Å². The lowest BCUT2D eigenvalue weighted by atomic mass is 10.2. The summed E-state index contributed by atoms with van der Waals surface area (Å²) in [6, 6.07) is 8.34. The standard InChI is InChI=1S/C17H14F2N2O2S2/c1-2-8-21-15(22)12-7-9-24-14(12)20-17(21)25-10-11-5-3-4-6-13(11)23-16(18)19/h2-7,9,16H,1,8,10H2. The molecule has 0 unspecified atom stereocenters. The normalized spacial score (nSPS) is 11.2. The van der Waals surface area contributed by atoms with Crippen LogP contribution in [0.25, 0.3) is 10.2 Å². The first-order chi connectivity index (χ1) is 12.1. The van der Waals surface area contributed by atoms with Crippen LogP contribution in [0.15, 0.2) is 58.3 Å². The lowest BCUT2D eigenvalue weighted by Crippen LogP contribution is -2.22. The van der Waals surface area contributed by atoms with Crippen LogP contribution in [0.1, 0.15) is 5.56 Å². The van der Waals surface area contributed by atoms with E-state index in [4.69, 9.17) is 0 Å². The molecule has 2 heterocycles. The van der Waals surface area contributed by atoms with Crippen LogP contribution in [0.3, 0.4) is 0 Å². The number of para-hydroxylation sites is 1. The Bertz CT molecular complexity index is 953. The van der Waals surface area contributed by atoms with E-state index in [1.54, 1.807) is 30.3 Å². The van der Waals surface area contributed by atoms with Gasteiger partial charge in [-0.2, -0.15) is 8.78 Å². The first-order valence-electron chi connectivity index (χ1n) is 7.34. The Balaban J connectivity index is 1.92. The van der Waals surface area contributed by atoms with Gasteiger partial charge in [0.05, 0.1) is 5.39 Å². The largest absolute Gasteiger partial charge is 0.435 e. The van der Waals surface area contributed by atoms with Crippen LogP contribution in [-0.2, 0) is 12.3 Å². The molecule has 0 N–H and O–H groups in total. The number of aromatic nitrogens is 2. The first kappa shape index (κ1) is 17.6. The molecule has 0 atom stereocenters. The van der Waals surface area contributed by atoms with Crippen molar-refractivity contribution in [1.82, 2.24) is 9.55 Å². The molecule has 0 aliphatic rings. The number of alkyl halides is 2. The number of ether oxygens (including phenoxy) is 1. The van der Waals surface area contributed by atoms with Gasteiger partial charge in [0.2, 0.25) is 0 Å². The summed E-state index contributed by atoms with van der Waals surface area (Å²) in [6.45, 7) is 1.12. The second-order valence-electron chi connectivity index (χ2n) is 5.01. The van der Waals surface area contributed by atoms with Crippen molar-refractivity contribution in [2.45, 2.75) is 24.1 Å². The molecule has 8 heteroatoms. The number of hydrogen-bond acceptors (Lipinski definition) is 5. The molecular formula is C17H14F2N2O2S2. The van der Waals surface area contributed by atoms with Gasteiger partial charge < -0.3 is 4.74 Å². The summed E-state index contributed by atoms with van der Waals surface area (Å²) in [4.78, 5) is 17.8. The Labute approximate surface area is 150 Å². The predicted octanol–water partition coefficient (Wildman–Crippen LogP) is 4.54. The fourth-order valence-electron chi connectivity index (χ4n) is 2.31. The van der Waals surface area contributed by atoms with Gasteiger partial charge in [-0.25, -0.2) is 4.98 Å². The number of fused-ring (bicyclic) bond motifs is 1. The summed E-state index contributed by atoms with van der Waals surface area (Å²) >= 11 is 2.69. The lowest BCUT2D eigenvalue weighted by Gasteiger charge is -2.12. The number of thioether (sulfide) groups is 1. The molecule has 130 valence electrons.